The maximum Gasteiger partial charge on any atom is 0.208 e. The van der Waals surface area contributed by atoms with E-state index in [0.29, 0.717) is 6.61 Å². The highest BCUT2D eigenvalue weighted by molar-refractivity contribution is 9.10. The summed E-state index contributed by atoms with van der Waals surface area (Å²) in [5, 5.41) is 10.6. The van der Waals surface area contributed by atoms with Crippen molar-refractivity contribution in [3.63, 3.8) is 0 Å². The predicted molar refractivity (Wildman–Crippen MR) is 60.7 cm³/mol. The molecule has 1 aliphatic heterocycles. The molecule has 1 saturated carbocycles. The molecule has 0 radical (unpaired) electrons. The number of alkyl halides is 1. The van der Waals surface area contributed by atoms with E-state index in [4.69, 9.17) is 4.74 Å². The molecule has 3 rings (SSSR count). The van der Waals surface area contributed by atoms with Gasteiger partial charge in [0, 0.05) is 11.0 Å². The van der Waals surface area contributed by atoms with Gasteiger partial charge < -0.3 is 9.84 Å². The lowest BCUT2D eigenvalue weighted by molar-refractivity contribution is -0.192. The average Bonchev–Trinajstić information content (AvgIpc) is 2.75. The van der Waals surface area contributed by atoms with Gasteiger partial charge in [0.05, 0.1) is 10.9 Å². The van der Waals surface area contributed by atoms with Gasteiger partial charge in [-0.2, -0.15) is 0 Å². The van der Waals surface area contributed by atoms with Gasteiger partial charge >= 0.3 is 0 Å². The zero-order valence-corrected chi connectivity index (χ0v) is 10.1. The minimum atomic E-state index is -1.16. The van der Waals surface area contributed by atoms with Crippen molar-refractivity contribution in [1.82, 2.24) is 0 Å². The summed E-state index contributed by atoms with van der Waals surface area (Å²) in [6, 6.07) is 9.60. The molecule has 0 bridgehead atoms. The molecule has 1 aromatic carbocycles. The van der Waals surface area contributed by atoms with Crippen molar-refractivity contribution < 1.29 is 9.84 Å². The van der Waals surface area contributed by atoms with Crippen molar-refractivity contribution >= 4 is 15.9 Å². The van der Waals surface area contributed by atoms with E-state index >= 15 is 0 Å². The quantitative estimate of drug-likeness (QED) is 0.793. The molecule has 0 aromatic heterocycles. The zero-order valence-electron chi connectivity index (χ0n) is 8.53. The van der Waals surface area contributed by atoms with Crippen LogP contribution in [0.4, 0.5) is 0 Å². The van der Waals surface area contributed by atoms with Gasteiger partial charge in [0.25, 0.3) is 0 Å². The van der Waals surface area contributed by atoms with E-state index < -0.39 is 5.79 Å². The summed E-state index contributed by atoms with van der Waals surface area (Å²) in [6.45, 7) is 2.76. The van der Waals surface area contributed by atoms with E-state index in [1.165, 1.54) is 0 Å². The number of rotatable bonds is 1. The fourth-order valence-electron chi connectivity index (χ4n) is 2.54. The Morgan fingerprint density at radius 2 is 2.00 bits per heavy atom. The summed E-state index contributed by atoms with van der Waals surface area (Å²) in [5.41, 5.74) is 0.917. The van der Waals surface area contributed by atoms with Gasteiger partial charge in [0.15, 0.2) is 0 Å². The number of halogens is 1. The molecule has 80 valence electrons. The van der Waals surface area contributed by atoms with Crippen molar-refractivity contribution in [3.8, 4) is 0 Å². The third-order valence-electron chi connectivity index (χ3n) is 3.77. The Bertz CT molecular complexity index is 403. The molecule has 2 aliphatic rings. The van der Waals surface area contributed by atoms with Crippen LogP contribution >= 0.6 is 15.9 Å². The van der Waals surface area contributed by atoms with Gasteiger partial charge in [-0.15, -0.1) is 0 Å². The second-order valence-corrected chi connectivity index (χ2v) is 6.19. The second-order valence-electron chi connectivity index (χ2n) is 4.84. The van der Waals surface area contributed by atoms with E-state index in [9.17, 15) is 5.11 Å². The molecule has 2 fully saturated rings. The topological polar surface area (TPSA) is 29.5 Å². The fourth-order valence-corrected chi connectivity index (χ4v) is 3.62. The highest BCUT2D eigenvalue weighted by atomic mass is 79.9. The van der Waals surface area contributed by atoms with Gasteiger partial charge in [-0.1, -0.05) is 53.2 Å². The summed E-state index contributed by atoms with van der Waals surface area (Å²) >= 11 is 3.66. The monoisotopic (exact) mass is 268 g/mol. The van der Waals surface area contributed by atoms with E-state index in [-0.39, 0.29) is 9.74 Å². The Morgan fingerprint density at radius 3 is 2.47 bits per heavy atom. The Hall–Kier alpha value is -0.380. The molecule has 1 heterocycles. The van der Waals surface area contributed by atoms with Gasteiger partial charge in [-0.3, -0.25) is 0 Å². The molecule has 1 aliphatic carbocycles. The van der Waals surface area contributed by atoms with Crippen LogP contribution in [0.5, 0.6) is 0 Å². The van der Waals surface area contributed by atoms with Crippen LogP contribution in [0.2, 0.25) is 0 Å². The summed E-state index contributed by atoms with van der Waals surface area (Å²) in [4.78, 5) is 0. The molecule has 1 aromatic rings. The third kappa shape index (κ3) is 1.01. The smallest absolute Gasteiger partial charge is 0.208 e. The maximum atomic E-state index is 10.6. The largest absolute Gasteiger partial charge is 0.361 e. The van der Waals surface area contributed by atoms with Gasteiger partial charge in [-0.05, 0) is 6.42 Å². The standard InChI is InChI=1S/C12H13BrO2/c1-10-7-11(10,13)12(14,15-8-10)9-5-3-2-4-6-9/h2-6,14H,7-8H2,1H3. The summed E-state index contributed by atoms with van der Waals surface area (Å²) < 4.78 is 5.31. The van der Waals surface area contributed by atoms with Crippen molar-refractivity contribution in [1.29, 1.82) is 0 Å². The summed E-state index contributed by atoms with van der Waals surface area (Å²) in [6.07, 6.45) is 0.964. The van der Waals surface area contributed by atoms with E-state index in [0.717, 1.165) is 12.0 Å². The molecule has 1 saturated heterocycles. The van der Waals surface area contributed by atoms with Crippen LogP contribution in [0.15, 0.2) is 30.3 Å². The Labute approximate surface area is 97.4 Å². The van der Waals surface area contributed by atoms with Crippen LogP contribution in [0.1, 0.15) is 18.9 Å². The lowest BCUT2D eigenvalue weighted by atomic mass is 9.98. The van der Waals surface area contributed by atoms with E-state index in [1.54, 1.807) is 0 Å². The molecule has 15 heavy (non-hydrogen) atoms. The number of ether oxygens (including phenoxy) is 1. The lowest BCUT2D eigenvalue weighted by Gasteiger charge is -2.29. The van der Waals surface area contributed by atoms with Crippen LogP contribution in [-0.4, -0.2) is 16.0 Å². The first-order valence-corrected chi connectivity index (χ1v) is 5.92. The first-order chi connectivity index (χ1) is 7.02. The normalized spacial score (nSPS) is 47.7. The minimum absolute atomic E-state index is 0.0809. The fraction of sp³-hybridized carbons (Fsp3) is 0.500. The molecule has 3 unspecified atom stereocenters. The number of fused-ring (bicyclic) bond motifs is 1. The predicted octanol–water partition coefficient (Wildman–Crippen LogP) is 2.41. The molecular formula is C12H13BrO2. The van der Waals surface area contributed by atoms with Gasteiger partial charge in [-0.25, -0.2) is 0 Å². The number of hydrogen-bond acceptors (Lipinski definition) is 2. The molecule has 2 nitrogen and oxygen atoms in total. The molecule has 1 N–H and O–H groups in total. The molecule has 3 atom stereocenters. The van der Waals surface area contributed by atoms with Crippen LogP contribution in [0.3, 0.4) is 0 Å². The third-order valence-corrected chi connectivity index (χ3v) is 5.54. The van der Waals surface area contributed by atoms with Crippen molar-refractivity contribution in [2.24, 2.45) is 5.41 Å². The minimum Gasteiger partial charge on any atom is -0.361 e. The van der Waals surface area contributed by atoms with Crippen molar-refractivity contribution in [2.45, 2.75) is 23.5 Å². The Kier molecular flexibility index (Phi) is 1.73. The molecular weight excluding hydrogens is 256 g/mol. The van der Waals surface area contributed by atoms with Gasteiger partial charge in [0.2, 0.25) is 5.79 Å². The van der Waals surface area contributed by atoms with Crippen molar-refractivity contribution in [2.75, 3.05) is 6.61 Å². The zero-order chi connectivity index (χ0) is 10.7. The van der Waals surface area contributed by atoms with E-state index in [2.05, 4.69) is 22.9 Å². The second kappa shape index (κ2) is 2.65. The maximum absolute atomic E-state index is 10.6. The Morgan fingerprint density at radius 1 is 1.33 bits per heavy atom. The first-order valence-electron chi connectivity index (χ1n) is 5.13. The highest BCUT2D eigenvalue weighted by Gasteiger charge is 2.79. The molecule has 3 heteroatoms. The molecule has 0 amide bonds. The summed E-state index contributed by atoms with van der Waals surface area (Å²) in [7, 11) is 0. The number of benzene rings is 1. The summed E-state index contributed by atoms with van der Waals surface area (Å²) in [5.74, 6) is -1.16. The van der Waals surface area contributed by atoms with E-state index in [1.807, 2.05) is 30.3 Å². The van der Waals surface area contributed by atoms with Crippen LogP contribution in [0, 0.1) is 5.41 Å². The number of hydrogen-bond donors (Lipinski definition) is 1. The first kappa shape index (κ1) is 9.82. The lowest BCUT2D eigenvalue weighted by Crippen LogP contribution is -2.37. The van der Waals surface area contributed by atoms with Crippen molar-refractivity contribution in [3.05, 3.63) is 35.9 Å². The van der Waals surface area contributed by atoms with Gasteiger partial charge in [0.1, 0.15) is 0 Å². The Balaban J connectivity index is 2.07. The number of aliphatic hydroxyl groups is 1. The molecule has 0 spiro atoms. The SMILES string of the molecule is CC12COC(O)(c3ccccc3)C1(Br)C2. The average molecular weight is 269 g/mol. The highest BCUT2D eigenvalue weighted by Crippen LogP contribution is 2.74. The van der Waals surface area contributed by atoms with Crippen LogP contribution < -0.4 is 0 Å². The van der Waals surface area contributed by atoms with Crippen LogP contribution in [-0.2, 0) is 10.5 Å². The van der Waals surface area contributed by atoms with Crippen LogP contribution in [0.25, 0.3) is 0 Å².